The van der Waals surface area contributed by atoms with Gasteiger partial charge in [0.1, 0.15) is 11.1 Å². The van der Waals surface area contributed by atoms with Crippen LogP contribution in [0.5, 0.6) is 0 Å². The topological polar surface area (TPSA) is 55.4 Å². The molecule has 1 aliphatic carbocycles. The van der Waals surface area contributed by atoms with Crippen LogP contribution in [-0.4, -0.2) is 23.0 Å². The second-order valence-electron chi connectivity index (χ2n) is 6.09. The van der Waals surface area contributed by atoms with E-state index in [1.165, 1.54) is 0 Å². The van der Waals surface area contributed by atoms with Crippen LogP contribution in [0.2, 0.25) is 0 Å². The lowest BCUT2D eigenvalue weighted by Crippen LogP contribution is -2.45. The molecule has 4 heteroatoms. The van der Waals surface area contributed by atoms with E-state index >= 15 is 0 Å². The van der Waals surface area contributed by atoms with Crippen molar-refractivity contribution in [1.29, 1.82) is 0 Å². The highest BCUT2D eigenvalue weighted by molar-refractivity contribution is 5.94. The van der Waals surface area contributed by atoms with Gasteiger partial charge in [0.15, 0.2) is 5.78 Å². The van der Waals surface area contributed by atoms with E-state index in [0.29, 0.717) is 25.7 Å². The normalized spacial score (nSPS) is 16.9. The maximum absolute atomic E-state index is 12.0. The Morgan fingerprint density at radius 3 is 2.22 bits per heavy atom. The van der Waals surface area contributed by atoms with E-state index in [2.05, 4.69) is 11.9 Å². The number of carbonyl (C=O) groups excluding carboxylic acids is 2. The van der Waals surface area contributed by atoms with Crippen LogP contribution >= 0.6 is 0 Å². The van der Waals surface area contributed by atoms with Crippen LogP contribution in [0.3, 0.4) is 0 Å². The number of hydrogen-bond donors (Lipinski definition) is 1. The SMILES string of the molecule is C=C(C)CCC(=O)C1(NC(=O)OC(C)(C)C)CC1. The van der Waals surface area contributed by atoms with Gasteiger partial charge in [-0.25, -0.2) is 4.79 Å². The average molecular weight is 253 g/mol. The number of alkyl carbamates (subject to hydrolysis) is 1. The lowest BCUT2D eigenvalue weighted by atomic mass is 10.0. The molecule has 4 nitrogen and oxygen atoms in total. The lowest BCUT2D eigenvalue weighted by Gasteiger charge is -2.22. The number of hydrogen-bond acceptors (Lipinski definition) is 3. The number of nitrogens with one attached hydrogen (secondary N) is 1. The molecule has 0 aliphatic heterocycles. The molecule has 1 amide bonds. The summed E-state index contributed by atoms with van der Waals surface area (Å²) < 4.78 is 5.17. The van der Waals surface area contributed by atoms with Crippen molar-refractivity contribution in [3.63, 3.8) is 0 Å². The van der Waals surface area contributed by atoms with Crippen molar-refractivity contribution in [2.75, 3.05) is 0 Å². The molecule has 0 atom stereocenters. The number of allylic oxidation sites excluding steroid dienone is 1. The van der Waals surface area contributed by atoms with Crippen molar-refractivity contribution in [3.05, 3.63) is 12.2 Å². The maximum atomic E-state index is 12.0. The molecule has 1 fully saturated rings. The molecule has 1 aliphatic rings. The highest BCUT2D eigenvalue weighted by Gasteiger charge is 2.50. The Bertz CT molecular complexity index is 362. The monoisotopic (exact) mass is 253 g/mol. The van der Waals surface area contributed by atoms with Crippen LogP contribution in [0.4, 0.5) is 4.79 Å². The number of rotatable bonds is 5. The smallest absolute Gasteiger partial charge is 0.408 e. The van der Waals surface area contributed by atoms with E-state index in [0.717, 1.165) is 5.57 Å². The standard InChI is InChI=1S/C14H23NO3/c1-10(2)6-7-11(16)14(8-9-14)15-12(17)18-13(3,4)5/h1,6-9H2,2-5H3,(H,15,17). The van der Waals surface area contributed by atoms with Gasteiger partial charge in [0.2, 0.25) is 0 Å². The number of carbonyl (C=O) groups is 2. The largest absolute Gasteiger partial charge is 0.444 e. The lowest BCUT2D eigenvalue weighted by molar-refractivity contribution is -0.122. The molecule has 0 spiro atoms. The van der Waals surface area contributed by atoms with Crippen LogP contribution in [-0.2, 0) is 9.53 Å². The number of amides is 1. The van der Waals surface area contributed by atoms with Gasteiger partial charge in [-0.3, -0.25) is 4.79 Å². The van der Waals surface area contributed by atoms with Crippen molar-refractivity contribution in [2.24, 2.45) is 0 Å². The van der Waals surface area contributed by atoms with E-state index in [-0.39, 0.29) is 5.78 Å². The first-order valence-corrected chi connectivity index (χ1v) is 6.33. The van der Waals surface area contributed by atoms with Gasteiger partial charge in [0, 0.05) is 6.42 Å². The Morgan fingerprint density at radius 1 is 1.28 bits per heavy atom. The Morgan fingerprint density at radius 2 is 1.83 bits per heavy atom. The number of ketones is 1. The summed E-state index contributed by atoms with van der Waals surface area (Å²) in [5, 5.41) is 2.71. The molecule has 0 unspecified atom stereocenters. The zero-order valence-electron chi connectivity index (χ0n) is 11.8. The van der Waals surface area contributed by atoms with Gasteiger partial charge in [-0.1, -0.05) is 5.57 Å². The summed E-state index contributed by atoms with van der Waals surface area (Å²) in [6, 6.07) is 0. The predicted octanol–water partition coefficient (Wildman–Crippen LogP) is 2.97. The first-order chi connectivity index (χ1) is 8.15. The summed E-state index contributed by atoms with van der Waals surface area (Å²) in [6.45, 7) is 11.1. The fourth-order valence-corrected chi connectivity index (χ4v) is 1.66. The summed E-state index contributed by atoms with van der Waals surface area (Å²) in [6.07, 6.45) is 2.02. The molecule has 18 heavy (non-hydrogen) atoms. The molecule has 0 aromatic rings. The summed E-state index contributed by atoms with van der Waals surface area (Å²) >= 11 is 0. The summed E-state index contributed by atoms with van der Waals surface area (Å²) in [5.41, 5.74) is -0.227. The number of Topliss-reactive ketones (excluding diaryl/α,β-unsaturated/α-hetero) is 1. The molecular weight excluding hydrogens is 230 g/mol. The van der Waals surface area contributed by atoms with Crippen LogP contribution in [0.25, 0.3) is 0 Å². The third kappa shape index (κ3) is 4.51. The van der Waals surface area contributed by atoms with Gasteiger partial charge < -0.3 is 10.1 Å². The van der Waals surface area contributed by atoms with Crippen molar-refractivity contribution in [3.8, 4) is 0 Å². The summed E-state index contributed by atoms with van der Waals surface area (Å²) in [4.78, 5) is 23.7. The Kier molecular flexibility index (Phi) is 4.20. The van der Waals surface area contributed by atoms with Crippen LogP contribution in [0.15, 0.2) is 12.2 Å². The second-order valence-corrected chi connectivity index (χ2v) is 6.09. The third-order valence-electron chi connectivity index (χ3n) is 2.80. The number of ether oxygens (including phenoxy) is 1. The van der Waals surface area contributed by atoms with Crippen molar-refractivity contribution in [2.45, 2.75) is 64.5 Å². The van der Waals surface area contributed by atoms with Crippen LogP contribution < -0.4 is 5.32 Å². The maximum Gasteiger partial charge on any atom is 0.408 e. The molecule has 0 radical (unpaired) electrons. The molecule has 0 aromatic heterocycles. The van der Waals surface area contributed by atoms with Gasteiger partial charge in [-0.2, -0.15) is 0 Å². The van der Waals surface area contributed by atoms with E-state index in [1.54, 1.807) is 20.8 Å². The average Bonchev–Trinajstić information content (AvgIpc) is 2.91. The van der Waals surface area contributed by atoms with E-state index in [9.17, 15) is 9.59 Å². The highest BCUT2D eigenvalue weighted by atomic mass is 16.6. The predicted molar refractivity (Wildman–Crippen MR) is 70.4 cm³/mol. The third-order valence-corrected chi connectivity index (χ3v) is 2.80. The molecular formula is C14H23NO3. The van der Waals surface area contributed by atoms with E-state index in [1.807, 2.05) is 6.92 Å². The molecule has 1 saturated carbocycles. The molecule has 0 saturated heterocycles. The van der Waals surface area contributed by atoms with Crippen molar-refractivity contribution < 1.29 is 14.3 Å². The first kappa shape index (κ1) is 14.7. The Balaban J connectivity index is 2.48. The minimum atomic E-state index is -0.669. The van der Waals surface area contributed by atoms with Crippen LogP contribution in [0, 0.1) is 0 Å². The minimum Gasteiger partial charge on any atom is -0.444 e. The second kappa shape index (κ2) is 5.12. The van der Waals surface area contributed by atoms with E-state index < -0.39 is 17.2 Å². The first-order valence-electron chi connectivity index (χ1n) is 6.33. The van der Waals surface area contributed by atoms with E-state index in [4.69, 9.17) is 4.74 Å². The zero-order valence-corrected chi connectivity index (χ0v) is 11.8. The molecule has 0 heterocycles. The minimum absolute atomic E-state index is 0.0800. The van der Waals surface area contributed by atoms with Crippen LogP contribution in [0.1, 0.15) is 53.4 Å². The van der Waals surface area contributed by atoms with Crippen molar-refractivity contribution in [1.82, 2.24) is 5.32 Å². The molecule has 0 bridgehead atoms. The fraction of sp³-hybridized carbons (Fsp3) is 0.714. The molecule has 102 valence electrons. The zero-order chi connectivity index (χ0) is 14.0. The highest BCUT2D eigenvalue weighted by Crippen LogP contribution is 2.38. The fourth-order valence-electron chi connectivity index (χ4n) is 1.66. The van der Waals surface area contributed by atoms with Gasteiger partial charge in [0.25, 0.3) is 0 Å². The Hall–Kier alpha value is -1.32. The Labute approximate surface area is 109 Å². The van der Waals surface area contributed by atoms with Gasteiger partial charge in [-0.15, -0.1) is 6.58 Å². The summed E-state index contributed by atoms with van der Waals surface area (Å²) in [7, 11) is 0. The molecule has 0 aromatic carbocycles. The molecule has 1 N–H and O–H groups in total. The van der Waals surface area contributed by atoms with Crippen molar-refractivity contribution >= 4 is 11.9 Å². The van der Waals surface area contributed by atoms with Gasteiger partial charge in [-0.05, 0) is 47.0 Å². The van der Waals surface area contributed by atoms with Gasteiger partial charge >= 0.3 is 6.09 Å². The molecule has 1 rings (SSSR count). The van der Waals surface area contributed by atoms with Gasteiger partial charge in [0.05, 0.1) is 0 Å². The summed E-state index contributed by atoms with van der Waals surface area (Å²) in [5.74, 6) is 0.0800. The quantitative estimate of drug-likeness (QED) is 0.766.